The van der Waals surface area contributed by atoms with Gasteiger partial charge in [0.15, 0.2) is 21.9 Å². The number of nitrogens with zero attached hydrogens (tertiary/aromatic N) is 2. The van der Waals surface area contributed by atoms with Crippen LogP contribution in [-0.4, -0.2) is 45.1 Å². The molecule has 1 aromatic heterocycles. The largest absolute Gasteiger partial charge is 0.497 e. The van der Waals surface area contributed by atoms with Crippen LogP contribution in [0.15, 0.2) is 62.7 Å². The molecule has 4 rings (SSSR count). The van der Waals surface area contributed by atoms with E-state index in [0.29, 0.717) is 39.8 Å². The molecule has 1 aliphatic heterocycles. The molecule has 0 fully saturated rings. The summed E-state index contributed by atoms with van der Waals surface area (Å²) in [5.41, 5.74) is 2.16. The second-order valence-corrected chi connectivity index (χ2v) is 7.95. The van der Waals surface area contributed by atoms with Crippen molar-refractivity contribution in [1.29, 1.82) is 0 Å². The molecule has 0 saturated heterocycles. The van der Waals surface area contributed by atoms with Gasteiger partial charge in [0.2, 0.25) is 0 Å². The van der Waals surface area contributed by atoms with Crippen LogP contribution in [0.25, 0.3) is 0 Å². The molecule has 1 atom stereocenters. The van der Waals surface area contributed by atoms with E-state index in [1.54, 1.807) is 46.6 Å². The fourth-order valence-corrected chi connectivity index (χ4v) is 4.17. The van der Waals surface area contributed by atoms with Gasteiger partial charge in [0, 0.05) is 17.5 Å². The van der Waals surface area contributed by atoms with E-state index in [2.05, 4.69) is 15.9 Å². The summed E-state index contributed by atoms with van der Waals surface area (Å²) in [4.78, 5) is 13.4. The first-order valence-electron chi connectivity index (χ1n) is 10.1. The lowest BCUT2D eigenvalue weighted by molar-refractivity contribution is 0.0675. The van der Waals surface area contributed by atoms with Crippen molar-refractivity contribution < 1.29 is 28.2 Å². The Morgan fingerprint density at radius 3 is 2.42 bits per heavy atom. The number of ether oxygens (including phenoxy) is 4. The molecule has 0 aliphatic carbocycles. The first-order chi connectivity index (χ1) is 16.0. The third-order valence-electron chi connectivity index (χ3n) is 5.41. The van der Waals surface area contributed by atoms with Crippen LogP contribution < -0.4 is 18.9 Å². The minimum Gasteiger partial charge on any atom is -0.497 e. The number of carbonyl (C=O) groups excluding carboxylic acids is 1. The fourth-order valence-electron chi connectivity index (χ4n) is 3.86. The molecule has 1 amide bonds. The lowest BCUT2D eigenvalue weighted by Gasteiger charge is -2.23. The summed E-state index contributed by atoms with van der Waals surface area (Å²) in [6.07, 6.45) is 0.417. The fraction of sp³-hybridized carbons (Fsp3) is 0.250. The van der Waals surface area contributed by atoms with Gasteiger partial charge in [-0.15, -0.1) is 0 Å². The molecular formula is C24H23BrN2O6. The molecule has 172 valence electrons. The summed E-state index contributed by atoms with van der Waals surface area (Å²) in [5, 5.41) is 6.12. The number of benzene rings is 2. The number of para-hydroxylation sites is 1. The number of amides is 1. The first-order valence-corrected chi connectivity index (χ1v) is 10.9. The number of hydrogen-bond donors (Lipinski definition) is 0. The van der Waals surface area contributed by atoms with Crippen LogP contribution in [0.5, 0.6) is 23.0 Å². The van der Waals surface area contributed by atoms with Gasteiger partial charge in [0.25, 0.3) is 0 Å². The predicted molar refractivity (Wildman–Crippen MR) is 126 cm³/mol. The van der Waals surface area contributed by atoms with Crippen LogP contribution in [-0.2, 0) is 0 Å². The zero-order chi connectivity index (χ0) is 23.5. The highest BCUT2D eigenvalue weighted by Crippen LogP contribution is 2.43. The molecule has 0 bridgehead atoms. The highest BCUT2D eigenvalue weighted by atomic mass is 79.9. The molecule has 9 heteroatoms. The Bertz CT molecular complexity index is 1210. The second kappa shape index (κ2) is 9.58. The van der Waals surface area contributed by atoms with Crippen molar-refractivity contribution in [1.82, 2.24) is 5.01 Å². The second-order valence-electron chi connectivity index (χ2n) is 7.17. The molecule has 0 spiro atoms. The molecule has 3 aromatic rings. The van der Waals surface area contributed by atoms with Gasteiger partial charge in [-0.25, -0.2) is 5.01 Å². The molecule has 0 N–H and O–H groups in total. The molecule has 2 aromatic carbocycles. The van der Waals surface area contributed by atoms with Crippen LogP contribution in [0.1, 0.15) is 34.1 Å². The minimum atomic E-state index is -0.461. The Morgan fingerprint density at radius 1 is 1.00 bits per heavy atom. The Balaban J connectivity index is 1.84. The standard InChI is InChI=1S/C24H23BrN2O6/c1-29-14-8-9-19(30-2)16(12-14)17-13-18(15-6-5-7-20(31-3)23(15)32-4)27(26-17)24(28)21-10-11-22(25)33-21/h5-12,18H,13H2,1-4H3/t18-/m1/s1. The lowest BCUT2D eigenvalue weighted by Crippen LogP contribution is -2.27. The quantitative estimate of drug-likeness (QED) is 0.437. The van der Waals surface area contributed by atoms with Crippen LogP contribution >= 0.6 is 15.9 Å². The van der Waals surface area contributed by atoms with E-state index in [-0.39, 0.29) is 11.7 Å². The Kier molecular flexibility index (Phi) is 6.60. The topological polar surface area (TPSA) is 82.7 Å². The van der Waals surface area contributed by atoms with Crippen LogP contribution in [0.2, 0.25) is 0 Å². The van der Waals surface area contributed by atoms with Crippen molar-refractivity contribution >= 4 is 27.5 Å². The number of halogens is 1. The van der Waals surface area contributed by atoms with Gasteiger partial charge in [-0.2, -0.15) is 5.10 Å². The van der Waals surface area contributed by atoms with E-state index in [4.69, 9.17) is 28.5 Å². The summed E-state index contributed by atoms with van der Waals surface area (Å²) in [7, 11) is 6.32. The molecule has 33 heavy (non-hydrogen) atoms. The Morgan fingerprint density at radius 2 is 1.79 bits per heavy atom. The maximum atomic E-state index is 13.4. The van der Waals surface area contributed by atoms with Crippen LogP contribution in [0.4, 0.5) is 0 Å². The first kappa shape index (κ1) is 22.7. The van der Waals surface area contributed by atoms with E-state index < -0.39 is 6.04 Å². The highest BCUT2D eigenvalue weighted by molar-refractivity contribution is 9.10. The minimum absolute atomic E-state index is 0.163. The average molecular weight is 515 g/mol. The van der Waals surface area contributed by atoms with E-state index in [1.807, 2.05) is 30.3 Å². The van der Waals surface area contributed by atoms with Gasteiger partial charge in [-0.05, 0) is 52.3 Å². The SMILES string of the molecule is COc1ccc(OC)c(C2=NN(C(=O)c3ccc(Br)o3)[C@@H](c3cccc(OC)c3OC)C2)c1. The summed E-state index contributed by atoms with van der Waals surface area (Å²) in [5.74, 6) is 2.17. The number of hydrazone groups is 1. The van der Waals surface area contributed by atoms with Crippen molar-refractivity contribution in [3.05, 3.63) is 70.1 Å². The van der Waals surface area contributed by atoms with Gasteiger partial charge >= 0.3 is 5.91 Å². The Labute approximate surface area is 199 Å². The van der Waals surface area contributed by atoms with Gasteiger partial charge in [-0.1, -0.05) is 12.1 Å². The number of methoxy groups -OCH3 is 4. The third kappa shape index (κ3) is 4.28. The molecule has 8 nitrogen and oxygen atoms in total. The number of rotatable bonds is 7. The third-order valence-corrected chi connectivity index (χ3v) is 5.84. The summed E-state index contributed by atoms with van der Waals surface area (Å²) >= 11 is 3.25. The van der Waals surface area contributed by atoms with Crippen molar-refractivity contribution in [2.24, 2.45) is 5.10 Å². The Hall–Kier alpha value is -3.46. The maximum absolute atomic E-state index is 13.4. The summed E-state index contributed by atoms with van der Waals surface area (Å²) in [6.45, 7) is 0. The van der Waals surface area contributed by atoms with Crippen molar-refractivity contribution in [2.45, 2.75) is 12.5 Å². The van der Waals surface area contributed by atoms with E-state index in [1.165, 1.54) is 5.01 Å². The zero-order valence-electron chi connectivity index (χ0n) is 18.6. The lowest BCUT2D eigenvalue weighted by atomic mass is 9.96. The van der Waals surface area contributed by atoms with E-state index >= 15 is 0 Å². The van der Waals surface area contributed by atoms with Gasteiger partial charge in [0.1, 0.15) is 11.5 Å². The van der Waals surface area contributed by atoms with Gasteiger partial charge < -0.3 is 23.4 Å². The van der Waals surface area contributed by atoms with E-state index in [9.17, 15) is 4.79 Å². The van der Waals surface area contributed by atoms with Gasteiger partial charge in [-0.3, -0.25) is 4.79 Å². The van der Waals surface area contributed by atoms with Crippen molar-refractivity contribution in [3.63, 3.8) is 0 Å². The molecule has 1 aliphatic rings. The summed E-state index contributed by atoms with van der Waals surface area (Å²) in [6, 6.07) is 13.8. The molecule has 0 saturated carbocycles. The number of carbonyl (C=O) groups is 1. The average Bonchev–Trinajstić information content (AvgIpc) is 3.49. The summed E-state index contributed by atoms with van der Waals surface area (Å²) < 4.78 is 28.0. The molecule has 2 heterocycles. The van der Waals surface area contributed by atoms with Crippen LogP contribution in [0.3, 0.4) is 0 Å². The maximum Gasteiger partial charge on any atom is 0.310 e. The van der Waals surface area contributed by atoms with Crippen LogP contribution in [0, 0.1) is 0 Å². The molecular weight excluding hydrogens is 492 g/mol. The zero-order valence-corrected chi connectivity index (χ0v) is 20.2. The number of furan rings is 1. The normalized spacial score (nSPS) is 15.2. The van der Waals surface area contributed by atoms with Crippen molar-refractivity contribution in [2.75, 3.05) is 28.4 Å². The number of hydrogen-bond acceptors (Lipinski definition) is 7. The molecule has 0 radical (unpaired) electrons. The smallest absolute Gasteiger partial charge is 0.310 e. The molecule has 0 unspecified atom stereocenters. The van der Waals surface area contributed by atoms with E-state index in [0.717, 1.165) is 11.1 Å². The highest BCUT2D eigenvalue weighted by Gasteiger charge is 2.38. The monoisotopic (exact) mass is 514 g/mol. The van der Waals surface area contributed by atoms with Gasteiger partial charge in [0.05, 0.1) is 40.2 Å². The van der Waals surface area contributed by atoms with Crippen molar-refractivity contribution in [3.8, 4) is 23.0 Å². The predicted octanol–water partition coefficient (Wildman–Crippen LogP) is 5.07.